The molecule has 1 fully saturated rings. The second kappa shape index (κ2) is 8.44. The molecule has 1 unspecified atom stereocenters. The van der Waals surface area contributed by atoms with Crippen molar-refractivity contribution in [3.8, 4) is 11.3 Å². The lowest BCUT2D eigenvalue weighted by molar-refractivity contribution is -0.122. The molecule has 0 radical (unpaired) electrons. The monoisotopic (exact) mass is 379 g/mol. The van der Waals surface area contributed by atoms with Crippen molar-refractivity contribution in [1.29, 1.82) is 0 Å². The van der Waals surface area contributed by atoms with Gasteiger partial charge in [0.1, 0.15) is 11.5 Å². The van der Waals surface area contributed by atoms with Crippen molar-refractivity contribution in [2.24, 2.45) is 5.92 Å². The van der Waals surface area contributed by atoms with E-state index in [1.54, 1.807) is 6.20 Å². The Morgan fingerprint density at radius 3 is 2.82 bits per heavy atom. The van der Waals surface area contributed by atoms with Crippen molar-refractivity contribution in [1.82, 2.24) is 15.1 Å². The van der Waals surface area contributed by atoms with Crippen LogP contribution in [0.3, 0.4) is 0 Å². The molecule has 3 aromatic rings. The topological polar surface area (TPSA) is 80.3 Å². The van der Waals surface area contributed by atoms with Gasteiger partial charge >= 0.3 is 0 Å². The summed E-state index contributed by atoms with van der Waals surface area (Å²) < 4.78 is 7.73. The van der Waals surface area contributed by atoms with E-state index in [4.69, 9.17) is 4.42 Å². The van der Waals surface area contributed by atoms with E-state index in [2.05, 4.69) is 10.4 Å². The van der Waals surface area contributed by atoms with Gasteiger partial charge in [0.05, 0.1) is 12.1 Å². The summed E-state index contributed by atoms with van der Waals surface area (Å²) in [5.74, 6) is 1.86. The van der Waals surface area contributed by atoms with Gasteiger partial charge < -0.3 is 14.8 Å². The number of nitrogens with zero attached hydrogens (tertiary/aromatic N) is 2. The first-order valence-electron chi connectivity index (χ1n) is 9.76. The Morgan fingerprint density at radius 1 is 1.18 bits per heavy atom. The number of rotatable bonds is 7. The average molecular weight is 379 g/mol. The Balaban J connectivity index is 1.25. The van der Waals surface area contributed by atoms with Crippen molar-refractivity contribution in [2.75, 3.05) is 0 Å². The first-order chi connectivity index (χ1) is 13.7. The van der Waals surface area contributed by atoms with E-state index in [1.807, 2.05) is 59.4 Å². The number of aliphatic hydroxyl groups excluding tert-OH is 1. The quantitative estimate of drug-likeness (QED) is 0.661. The summed E-state index contributed by atoms with van der Waals surface area (Å²) >= 11 is 0. The van der Waals surface area contributed by atoms with E-state index in [1.165, 1.54) is 0 Å². The van der Waals surface area contributed by atoms with Gasteiger partial charge in [0, 0.05) is 37.3 Å². The van der Waals surface area contributed by atoms with Crippen LogP contribution < -0.4 is 5.32 Å². The van der Waals surface area contributed by atoms with E-state index < -0.39 is 6.10 Å². The lowest BCUT2D eigenvalue weighted by Gasteiger charge is -2.16. The zero-order chi connectivity index (χ0) is 19.3. The number of carbonyl (C=O) groups is 1. The lowest BCUT2D eigenvalue weighted by Crippen LogP contribution is -2.40. The number of hydrogen-bond donors (Lipinski definition) is 2. The van der Waals surface area contributed by atoms with Gasteiger partial charge in [-0.1, -0.05) is 30.3 Å². The van der Waals surface area contributed by atoms with Crippen LogP contribution in [0.5, 0.6) is 0 Å². The van der Waals surface area contributed by atoms with E-state index in [0.717, 1.165) is 30.0 Å². The number of aromatic nitrogens is 2. The number of nitrogens with one attached hydrogen (secondary N) is 1. The predicted octanol–water partition coefficient (Wildman–Crippen LogP) is 3.03. The molecule has 1 aliphatic carbocycles. The van der Waals surface area contributed by atoms with Gasteiger partial charge in [-0.05, 0) is 37.0 Å². The molecule has 2 N–H and O–H groups in total. The van der Waals surface area contributed by atoms with Gasteiger partial charge in [0.15, 0.2) is 0 Å². The van der Waals surface area contributed by atoms with E-state index in [9.17, 15) is 9.90 Å². The molecule has 2 aromatic heterocycles. The molecular formula is C22H25N3O3. The van der Waals surface area contributed by atoms with Crippen LogP contribution in [0.1, 0.15) is 25.0 Å². The van der Waals surface area contributed by atoms with Gasteiger partial charge in [0.25, 0.3) is 0 Å². The zero-order valence-electron chi connectivity index (χ0n) is 15.7. The van der Waals surface area contributed by atoms with E-state index >= 15 is 0 Å². The fraction of sp³-hybridized carbons (Fsp3) is 0.364. The van der Waals surface area contributed by atoms with E-state index in [0.29, 0.717) is 25.2 Å². The summed E-state index contributed by atoms with van der Waals surface area (Å²) in [6.07, 6.45) is 5.51. The normalized spacial score (nSPS) is 21.7. The molecule has 0 spiro atoms. The molecule has 0 aliphatic heterocycles. The van der Waals surface area contributed by atoms with Gasteiger partial charge in [-0.15, -0.1) is 0 Å². The van der Waals surface area contributed by atoms with Crippen molar-refractivity contribution < 1.29 is 14.3 Å². The Bertz CT molecular complexity index is 889. The molecular weight excluding hydrogens is 354 g/mol. The van der Waals surface area contributed by atoms with Crippen LogP contribution in [-0.2, 0) is 17.8 Å². The SMILES string of the molecule is O=C(CCc1ccc(-c2ccccc2)o1)N[C@@H]1CC(Cn2cccn2)C[C@H]1O. The minimum atomic E-state index is -0.502. The molecule has 146 valence electrons. The Morgan fingerprint density at radius 2 is 2.04 bits per heavy atom. The number of carbonyl (C=O) groups excluding carboxylic acids is 1. The number of benzene rings is 1. The first kappa shape index (κ1) is 18.5. The highest BCUT2D eigenvalue weighted by Crippen LogP contribution is 2.28. The summed E-state index contributed by atoms with van der Waals surface area (Å²) in [5, 5.41) is 17.5. The zero-order valence-corrected chi connectivity index (χ0v) is 15.7. The average Bonchev–Trinajstić information content (AvgIpc) is 3.44. The summed E-state index contributed by atoms with van der Waals surface area (Å²) in [6.45, 7) is 0.769. The molecule has 6 heteroatoms. The molecule has 3 atom stereocenters. The van der Waals surface area contributed by atoms with Crippen molar-refractivity contribution in [2.45, 2.75) is 44.4 Å². The van der Waals surface area contributed by atoms with Gasteiger partial charge in [-0.3, -0.25) is 9.48 Å². The van der Waals surface area contributed by atoms with Crippen LogP contribution in [-0.4, -0.2) is 32.9 Å². The number of amides is 1. The first-order valence-corrected chi connectivity index (χ1v) is 9.76. The van der Waals surface area contributed by atoms with Crippen LogP contribution >= 0.6 is 0 Å². The van der Waals surface area contributed by atoms with Crippen molar-refractivity contribution in [3.05, 3.63) is 66.7 Å². The third kappa shape index (κ3) is 4.51. The second-order valence-corrected chi connectivity index (χ2v) is 7.44. The third-order valence-corrected chi connectivity index (χ3v) is 5.30. The number of hydrogen-bond acceptors (Lipinski definition) is 4. The molecule has 6 nitrogen and oxygen atoms in total. The van der Waals surface area contributed by atoms with Gasteiger partial charge in [-0.25, -0.2) is 0 Å². The maximum Gasteiger partial charge on any atom is 0.220 e. The highest BCUT2D eigenvalue weighted by atomic mass is 16.3. The molecule has 1 saturated carbocycles. The maximum atomic E-state index is 12.3. The predicted molar refractivity (Wildman–Crippen MR) is 105 cm³/mol. The lowest BCUT2D eigenvalue weighted by atomic mass is 10.1. The van der Waals surface area contributed by atoms with Crippen molar-refractivity contribution >= 4 is 5.91 Å². The molecule has 28 heavy (non-hydrogen) atoms. The molecule has 0 saturated heterocycles. The third-order valence-electron chi connectivity index (χ3n) is 5.30. The highest BCUT2D eigenvalue weighted by molar-refractivity contribution is 5.76. The van der Waals surface area contributed by atoms with Crippen LogP contribution in [0.2, 0.25) is 0 Å². The number of aryl methyl sites for hydroxylation is 1. The molecule has 0 bridgehead atoms. The number of aliphatic hydroxyl groups is 1. The number of furan rings is 1. The fourth-order valence-electron chi connectivity index (χ4n) is 3.88. The minimum Gasteiger partial charge on any atom is -0.461 e. The van der Waals surface area contributed by atoms with E-state index in [-0.39, 0.29) is 11.9 Å². The Hall–Kier alpha value is -2.86. The van der Waals surface area contributed by atoms with Crippen molar-refractivity contribution in [3.63, 3.8) is 0 Å². The minimum absolute atomic E-state index is 0.0542. The molecule has 2 heterocycles. The Kier molecular flexibility index (Phi) is 5.58. The van der Waals surface area contributed by atoms with Gasteiger partial charge in [-0.2, -0.15) is 5.10 Å². The van der Waals surface area contributed by atoms with Gasteiger partial charge in [0.2, 0.25) is 5.91 Å². The van der Waals surface area contributed by atoms with Crippen LogP contribution in [0, 0.1) is 5.92 Å². The molecule has 1 aromatic carbocycles. The molecule has 1 aliphatic rings. The standard InChI is InChI=1S/C22H25N3O3/c26-20-14-16(15-25-12-4-11-23-25)13-19(20)24-22(27)10-8-18-7-9-21(28-18)17-5-2-1-3-6-17/h1-7,9,11-12,16,19-20,26H,8,10,13-15H2,(H,24,27)/t16?,19-,20-/m1/s1. The van der Waals surface area contributed by atoms with Crippen LogP contribution in [0.25, 0.3) is 11.3 Å². The molecule has 4 rings (SSSR count). The fourth-order valence-corrected chi connectivity index (χ4v) is 3.88. The molecule has 1 amide bonds. The highest BCUT2D eigenvalue weighted by Gasteiger charge is 2.34. The Labute approximate surface area is 164 Å². The maximum absolute atomic E-state index is 12.3. The van der Waals surface area contributed by atoms with Crippen LogP contribution in [0.15, 0.2) is 65.3 Å². The summed E-state index contributed by atoms with van der Waals surface area (Å²) in [6, 6.07) is 15.5. The largest absolute Gasteiger partial charge is 0.461 e. The van der Waals surface area contributed by atoms with Crippen LogP contribution in [0.4, 0.5) is 0 Å². The summed E-state index contributed by atoms with van der Waals surface area (Å²) in [4.78, 5) is 12.3. The summed E-state index contributed by atoms with van der Waals surface area (Å²) in [7, 11) is 0. The summed E-state index contributed by atoms with van der Waals surface area (Å²) in [5.41, 5.74) is 1.02. The smallest absolute Gasteiger partial charge is 0.220 e. The second-order valence-electron chi connectivity index (χ2n) is 7.44.